The quantitative estimate of drug-likeness (QED) is 0.715. The normalized spacial score (nSPS) is 16.2. The van der Waals surface area contributed by atoms with Crippen molar-refractivity contribution in [3.05, 3.63) is 53.3 Å². The highest BCUT2D eigenvalue weighted by molar-refractivity contribution is 5.89. The summed E-state index contributed by atoms with van der Waals surface area (Å²) < 4.78 is 57.4. The Hall–Kier alpha value is -2.57. The lowest BCUT2D eigenvalue weighted by molar-refractivity contribution is -0.137. The van der Waals surface area contributed by atoms with E-state index in [4.69, 9.17) is 4.74 Å². The van der Waals surface area contributed by atoms with Gasteiger partial charge < -0.3 is 4.74 Å². The number of fused-ring (bicyclic) bond motifs is 1. The number of alkyl halides is 3. The summed E-state index contributed by atoms with van der Waals surface area (Å²) in [4.78, 5) is 11.5. The lowest BCUT2D eigenvalue weighted by atomic mass is 9.91. The summed E-state index contributed by atoms with van der Waals surface area (Å²) in [6.45, 7) is 3.34. The van der Waals surface area contributed by atoms with Crippen molar-refractivity contribution in [1.29, 1.82) is 0 Å². The number of nitrogens with one attached hydrogen (secondary N) is 1. The minimum absolute atomic E-state index is 0.0952. The van der Waals surface area contributed by atoms with Gasteiger partial charge in [-0.1, -0.05) is 6.07 Å². The molecule has 0 spiro atoms. The topological polar surface area (TPSA) is 38.3 Å². The zero-order valence-electron chi connectivity index (χ0n) is 12.8. The van der Waals surface area contributed by atoms with E-state index in [1.807, 2.05) is 0 Å². The summed E-state index contributed by atoms with van der Waals surface area (Å²) in [5.41, 5.74) is -0.415. The molecule has 0 bridgehead atoms. The number of anilines is 1. The molecular weight excluding hydrogens is 326 g/mol. The van der Waals surface area contributed by atoms with Gasteiger partial charge in [0, 0.05) is 5.56 Å². The highest BCUT2D eigenvalue weighted by Gasteiger charge is 2.34. The average molecular weight is 339 g/mol. The second kappa shape index (κ2) is 5.22. The van der Waals surface area contributed by atoms with Gasteiger partial charge in [0.2, 0.25) is 0 Å². The first-order valence-corrected chi connectivity index (χ1v) is 7.09. The van der Waals surface area contributed by atoms with E-state index < -0.39 is 29.3 Å². The van der Waals surface area contributed by atoms with Crippen molar-refractivity contribution in [2.24, 2.45) is 0 Å². The number of hydrogen-bond donors (Lipinski definition) is 1. The van der Waals surface area contributed by atoms with Gasteiger partial charge in [0.05, 0.1) is 11.3 Å². The number of carbonyl (C=O) groups is 1. The van der Waals surface area contributed by atoms with Crippen LogP contribution in [0.4, 0.5) is 28.0 Å². The third-order valence-electron chi connectivity index (χ3n) is 3.81. The Morgan fingerprint density at radius 1 is 1.04 bits per heavy atom. The second-order valence-electron chi connectivity index (χ2n) is 6.01. The third kappa shape index (κ3) is 2.93. The van der Waals surface area contributed by atoms with Crippen molar-refractivity contribution < 1.29 is 27.1 Å². The van der Waals surface area contributed by atoms with Crippen molar-refractivity contribution in [3.8, 4) is 11.1 Å². The van der Waals surface area contributed by atoms with E-state index in [9.17, 15) is 22.4 Å². The molecule has 1 heterocycles. The van der Waals surface area contributed by atoms with Gasteiger partial charge in [-0.05, 0) is 55.3 Å². The van der Waals surface area contributed by atoms with E-state index in [-0.39, 0.29) is 5.56 Å². The molecule has 3 nitrogen and oxygen atoms in total. The molecule has 2 aromatic carbocycles. The van der Waals surface area contributed by atoms with Gasteiger partial charge in [-0.3, -0.25) is 5.32 Å². The van der Waals surface area contributed by atoms with Gasteiger partial charge in [-0.25, -0.2) is 9.18 Å². The Morgan fingerprint density at radius 3 is 2.42 bits per heavy atom. The van der Waals surface area contributed by atoms with Crippen LogP contribution in [-0.4, -0.2) is 6.09 Å². The molecule has 1 aliphatic heterocycles. The van der Waals surface area contributed by atoms with Crippen LogP contribution in [0.15, 0.2) is 36.4 Å². The van der Waals surface area contributed by atoms with Crippen LogP contribution in [0, 0.1) is 5.82 Å². The first-order chi connectivity index (χ1) is 11.1. The summed E-state index contributed by atoms with van der Waals surface area (Å²) in [6, 6.07) is 7.05. The molecule has 24 heavy (non-hydrogen) atoms. The number of hydrogen-bond acceptors (Lipinski definition) is 2. The molecule has 126 valence electrons. The zero-order valence-corrected chi connectivity index (χ0v) is 12.8. The minimum Gasteiger partial charge on any atom is -0.438 e. The number of carbonyl (C=O) groups excluding carboxylic acids is 1. The first kappa shape index (κ1) is 16.3. The Bertz CT molecular complexity index is 828. The maximum absolute atomic E-state index is 13.6. The number of amides is 1. The fourth-order valence-electron chi connectivity index (χ4n) is 2.67. The van der Waals surface area contributed by atoms with E-state index in [0.717, 1.165) is 12.1 Å². The monoisotopic (exact) mass is 339 g/mol. The fraction of sp³-hybridized carbons (Fsp3) is 0.235. The summed E-state index contributed by atoms with van der Waals surface area (Å²) in [5, 5.41) is 2.53. The molecule has 1 amide bonds. The molecule has 0 fully saturated rings. The van der Waals surface area contributed by atoms with Crippen molar-refractivity contribution in [1.82, 2.24) is 0 Å². The summed E-state index contributed by atoms with van der Waals surface area (Å²) in [5.74, 6) is -0.971. The van der Waals surface area contributed by atoms with Gasteiger partial charge in [-0.15, -0.1) is 0 Å². The van der Waals surface area contributed by atoms with Gasteiger partial charge in [0.1, 0.15) is 11.4 Å². The molecule has 0 saturated heterocycles. The standard InChI is InChI=1S/C17H13F4NO2/c1-16(2)13-7-9(3-4-14(13)22-15(23)24-16)10-5-11(17(19,20)21)8-12(18)6-10/h3-8H,1-2H3,(H,22,23). The molecular formula is C17H13F4NO2. The predicted octanol–water partition coefficient (Wildman–Crippen LogP) is 5.31. The summed E-state index contributed by atoms with van der Waals surface area (Å²) in [6.07, 6.45) is -5.24. The average Bonchev–Trinajstić information content (AvgIpc) is 2.44. The first-order valence-electron chi connectivity index (χ1n) is 7.09. The Labute approximate surface area is 135 Å². The molecule has 3 rings (SSSR count). The third-order valence-corrected chi connectivity index (χ3v) is 3.81. The van der Waals surface area contributed by atoms with E-state index in [1.165, 1.54) is 6.07 Å². The van der Waals surface area contributed by atoms with Crippen LogP contribution >= 0.6 is 0 Å². The smallest absolute Gasteiger partial charge is 0.416 e. The second-order valence-corrected chi connectivity index (χ2v) is 6.01. The molecule has 1 aliphatic rings. The molecule has 2 aromatic rings. The van der Waals surface area contributed by atoms with Gasteiger partial charge in [0.15, 0.2) is 0 Å². The Kier molecular flexibility index (Phi) is 3.55. The molecule has 0 aliphatic carbocycles. The van der Waals surface area contributed by atoms with Gasteiger partial charge in [0.25, 0.3) is 0 Å². The number of ether oxygens (including phenoxy) is 1. The van der Waals surface area contributed by atoms with Crippen molar-refractivity contribution in [2.45, 2.75) is 25.6 Å². The zero-order chi connectivity index (χ0) is 17.7. The molecule has 0 atom stereocenters. The lowest BCUT2D eigenvalue weighted by Gasteiger charge is -2.32. The summed E-state index contributed by atoms with van der Waals surface area (Å²) >= 11 is 0. The van der Waals surface area contributed by atoms with Crippen LogP contribution in [0.1, 0.15) is 25.0 Å². The highest BCUT2D eigenvalue weighted by Crippen LogP contribution is 2.39. The SMILES string of the molecule is CC1(C)OC(=O)Nc2ccc(-c3cc(F)cc(C(F)(F)F)c3)cc21. The maximum atomic E-state index is 13.6. The predicted molar refractivity (Wildman–Crippen MR) is 80.0 cm³/mol. The van der Waals surface area contributed by atoms with Crippen molar-refractivity contribution in [3.63, 3.8) is 0 Å². The number of rotatable bonds is 1. The largest absolute Gasteiger partial charge is 0.438 e. The Balaban J connectivity index is 2.12. The van der Waals surface area contributed by atoms with E-state index in [1.54, 1.807) is 26.0 Å². The van der Waals surface area contributed by atoms with Crippen molar-refractivity contribution in [2.75, 3.05) is 5.32 Å². The number of cyclic esters (lactones) is 1. The van der Waals surface area contributed by atoms with Crippen LogP contribution in [-0.2, 0) is 16.5 Å². The van der Waals surface area contributed by atoms with E-state index in [2.05, 4.69) is 5.32 Å². The molecule has 0 radical (unpaired) electrons. The van der Waals surface area contributed by atoms with E-state index in [0.29, 0.717) is 22.9 Å². The molecule has 0 unspecified atom stereocenters. The van der Waals surface area contributed by atoms with Crippen LogP contribution in [0.2, 0.25) is 0 Å². The lowest BCUT2D eigenvalue weighted by Crippen LogP contribution is -2.34. The minimum atomic E-state index is -4.64. The van der Waals surface area contributed by atoms with Crippen LogP contribution in [0.25, 0.3) is 11.1 Å². The summed E-state index contributed by atoms with van der Waals surface area (Å²) in [7, 11) is 0. The van der Waals surface area contributed by atoms with Gasteiger partial charge >= 0.3 is 12.3 Å². The number of benzene rings is 2. The highest BCUT2D eigenvalue weighted by atomic mass is 19.4. The van der Waals surface area contributed by atoms with Crippen molar-refractivity contribution >= 4 is 11.8 Å². The van der Waals surface area contributed by atoms with E-state index >= 15 is 0 Å². The maximum Gasteiger partial charge on any atom is 0.416 e. The van der Waals surface area contributed by atoms with Gasteiger partial charge in [-0.2, -0.15) is 13.2 Å². The molecule has 7 heteroatoms. The van der Waals surface area contributed by atoms with Crippen LogP contribution in [0.5, 0.6) is 0 Å². The number of halogens is 4. The molecule has 0 saturated carbocycles. The fourth-order valence-corrected chi connectivity index (χ4v) is 2.67. The molecule has 0 aromatic heterocycles. The Morgan fingerprint density at radius 2 is 1.75 bits per heavy atom. The van der Waals surface area contributed by atoms with Crippen LogP contribution in [0.3, 0.4) is 0 Å². The van der Waals surface area contributed by atoms with Crippen LogP contribution < -0.4 is 5.32 Å². The molecule has 1 N–H and O–H groups in total.